The van der Waals surface area contributed by atoms with Crippen molar-refractivity contribution in [3.63, 3.8) is 0 Å². The smallest absolute Gasteiger partial charge is 0.236 e. The number of halogens is 1. The fourth-order valence-corrected chi connectivity index (χ4v) is 1.87. The van der Waals surface area contributed by atoms with Crippen LogP contribution < -0.4 is 5.32 Å². The molecule has 17 heavy (non-hydrogen) atoms. The molecule has 1 unspecified atom stereocenters. The lowest BCUT2D eigenvalue weighted by Gasteiger charge is -2.20. The van der Waals surface area contributed by atoms with Gasteiger partial charge in [-0.05, 0) is 44.7 Å². The topological polar surface area (TPSA) is 29.1 Å². The molecule has 0 fully saturated rings. The molecule has 1 amide bonds. The Labute approximate surface area is 116 Å². The predicted octanol–water partition coefficient (Wildman–Crippen LogP) is 3.76. The quantitative estimate of drug-likeness (QED) is 0.677. The summed E-state index contributed by atoms with van der Waals surface area (Å²) < 4.78 is -0.527. The number of nitrogens with one attached hydrogen (secondary N) is 1. The third-order valence-corrected chi connectivity index (χ3v) is 3.61. The number of thioether (sulfide) groups is 1. The van der Waals surface area contributed by atoms with Crippen LogP contribution in [0.4, 0.5) is 0 Å². The number of alkyl halides is 1. The maximum atomic E-state index is 11.8. The molecule has 0 radical (unpaired) electrons. The Kier molecular flexibility index (Phi) is 5.07. The Balaban J connectivity index is 2.70. The summed E-state index contributed by atoms with van der Waals surface area (Å²) in [5.74, 6) is -0.000979. The van der Waals surface area contributed by atoms with Crippen LogP contribution >= 0.6 is 27.7 Å². The molecule has 4 heteroatoms. The SMILES string of the molecule is CSc1ccc(C(C)NC(=O)C(C)(C)Br)cc1. The van der Waals surface area contributed by atoms with Crippen LogP contribution in [0.1, 0.15) is 32.4 Å². The maximum Gasteiger partial charge on any atom is 0.236 e. The van der Waals surface area contributed by atoms with Crippen LogP contribution in [0.25, 0.3) is 0 Å². The summed E-state index contributed by atoms with van der Waals surface area (Å²) in [6.45, 7) is 5.67. The van der Waals surface area contributed by atoms with Crippen LogP contribution in [-0.4, -0.2) is 16.5 Å². The molecule has 0 saturated heterocycles. The van der Waals surface area contributed by atoms with E-state index >= 15 is 0 Å². The van der Waals surface area contributed by atoms with E-state index in [0.29, 0.717) is 0 Å². The van der Waals surface area contributed by atoms with E-state index in [9.17, 15) is 4.79 Å². The summed E-state index contributed by atoms with van der Waals surface area (Å²) in [4.78, 5) is 13.0. The molecule has 0 bridgehead atoms. The highest BCUT2D eigenvalue weighted by atomic mass is 79.9. The second-order valence-electron chi connectivity index (χ2n) is 4.44. The van der Waals surface area contributed by atoms with E-state index in [1.165, 1.54) is 4.90 Å². The molecule has 0 spiro atoms. The number of rotatable bonds is 4. The molecular formula is C13H18BrNOS. The summed E-state index contributed by atoms with van der Waals surface area (Å²) in [5.41, 5.74) is 1.12. The monoisotopic (exact) mass is 315 g/mol. The second kappa shape index (κ2) is 5.91. The Morgan fingerprint density at radius 2 is 1.88 bits per heavy atom. The first-order valence-corrected chi connectivity index (χ1v) is 7.50. The molecular weight excluding hydrogens is 298 g/mol. The zero-order chi connectivity index (χ0) is 13.1. The van der Waals surface area contributed by atoms with E-state index in [-0.39, 0.29) is 11.9 Å². The zero-order valence-corrected chi connectivity index (χ0v) is 13.0. The lowest BCUT2D eigenvalue weighted by atomic mass is 10.1. The van der Waals surface area contributed by atoms with Gasteiger partial charge in [0.2, 0.25) is 5.91 Å². The van der Waals surface area contributed by atoms with Crippen LogP contribution in [-0.2, 0) is 4.79 Å². The molecule has 0 aliphatic heterocycles. The average Bonchev–Trinajstić information content (AvgIpc) is 2.27. The van der Waals surface area contributed by atoms with Crippen molar-refractivity contribution < 1.29 is 4.79 Å². The number of amides is 1. The Bertz CT molecular complexity index is 383. The number of hydrogen-bond donors (Lipinski definition) is 1. The molecule has 2 nitrogen and oxygen atoms in total. The lowest BCUT2D eigenvalue weighted by molar-refractivity contribution is -0.123. The highest BCUT2D eigenvalue weighted by Gasteiger charge is 2.24. The van der Waals surface area contributed by atoms with Gasteiger partial charge in [-0.2, -0.15) is 0 Å². The van der Waals surface area contributed by atoms with Crippen LogP contribution in [0.15, 0.2) is 29.2 Å². The van der Waals surface area contributed by atoms with Crippen molar-refractivity contribution in [2.24, 2.45) is 0 Å². The van der Waals surface area contributed by atoms with Gasteiger partial charge in [-0.3, -0.25) is 4.79 Å². The van der Waals surface area contributed by atoms with E-state index < -0.39 is 4.32 Å². The Morgan fingerprint density at radius 3 is 2.29 bits per heavy atom. The van der Waals surface area contributed by atoms with Crippen molar-refractivity contribution in [1.29, 1.82) is 0 Å². The molecule has 1 atom stereocenters. The van der Waals surface area contributed by atoms with Crippen molar-refractivity contribution in [1.82, 2.24) is 5.32 Å². The minimum Gasteiger partial charge on any atom is -0.348 e. The third-order valence-electron chi connectivity index (χ3n) is 2.50. The van der Waals surface area contributed by atoms with Gasteiger partial charge in [-0.1, -0.05) is 28.1 Å². The third kappa shape index (κ3) is 4.36. The predicted molar refractivity (Wildman–Crippen MR) is 77.8 cm³/mol. The summed E-state index contributed by atoms with van der Waals surface area (Å²) in [6.07, 6.45) is 2.05. The van der Waals surface area contributed by atoms with Crippen LogP contribution in [0.3, 0.4) is 0 Å². The molecule has 1 aromatic rings. The van der Waals surface area contributed by atoms with Crippen molar-refractivity contribution >= 4 is 33.6 Å². The molecule has 94 valence electrons. The highest BCUT2D eigenvalue weighted by molar-refractivity contribution is 9.10. The van der Waals surface area contributed by atoms with Crippen molar-refractivity contribution in [2.75, 3.05) is 6.26 Å². The largest absolute Gasteiger partial charge is 0.348 e. The summed E-state index contributed by atoms with van der Waals surface area (Å²) in [7, 11) is 0. The minimum absolute atomic E-state index is 0.000979. The van der Waals surface area contributed by atoms with E-state index in [1.54, 1.807) is 11.8 Å². The van der Waals surface area contributed by atoms with Gasteiger partial charge in [-0.15, -0.1) is 11.8 Å². The molecule has 0 aliphatic rings. The Morgan fingerprint density at radius 1 is 1.35 bits per heavy atom. The number of hydrogen-bond acceptors (Lipinski definition) is 2. The molecule has 1 rings (SSSR count). The van der Waals surface area contributed by atoms with Crippen LogP contribution in [0.5, 0.6) is 0 Å². The lowest BCUT2D eigenvalue weighted by Crippen LogP contribution is -2.38. The van der Waals surface area contributed by atoms with Crippen LogP contribution in [0.2, 0.25) is 0 Å². The van der Waals surface area contributed by atoms with Gasteiger partial charge in [0.1, 0.15) is 0 Å². The van der Waals surface area contributed by atoms with Gasteiger partial charge in [0, 0.05) is 4.90 Å². The molecule has 0 heterocycles. The molecule has 0 aromatic heterocycles. The summed E-state index contributed by atoms with van der Waals surface area (Å²) >= 11 is 5.06. The first-order chi connectivity index (χ1) is 7.84. The minimum atomic E-state index is -0.527. The number of carbonyl (C=O) groups excluding carboxylic acids is 1. The van der Waals surface area contributed by atoms with Crippen LogP contribution in [0, 0.1) is 0 Å². The van der Waals surface area contributed by atoms with E-state index in [2.05, 4.69) is 45.5 Å². The van der Waals surface area contributed by atoms with E-state index in [4.69, 9.17) is 0 Å². The molecule has 1 N–H and O–H groups in total. The fraction of sp³-hybridized carbons (Fsp3) is 0.462. The molecule has 0 aliphatic carbocycles. The van der Waals surface area contributed by atoms with Crippen molar-refractivity contribution in [3.8, 4) is 0 Å². The van der Waals surface area contributed by atoms with Crippen molar-refractivity contribution in [3.05, 3.63) is 29.8 Å². The van der Waals surface area contributed by atoms with E-state index in [0.717, 1.165) is 5.56 Å². The highest BCUT2D eigenvalue weighted by Crippen LogP contribution is 2.21. The van der Waals surface area contributed by atoms with Crippen molar-refractivity contribution in [2.45, 2.75) is 36.0 Å². The standard InChI is InChI=1S/C13H18BrNOS/c1-9(15-12(16)13(2,3)14)10-5-7-11(17-4)8-6-10/h5-9H,1-4H3,(H,15,16). The number of carbonyl (C=O) groups is 1. The first kappa shape index (κ1) is 14.6. The van der Waals surface area contributed by atoms with Gasteiger partial charge in [0.15, 0.2) is 0 Å². The van der Waals surface area contributed by atoms with E-state index in [1.807, 2.05) is 27.0 Å². The van der Waals surface area contributed by atoms with Gasteiger partial charge < -0.3 is 5.32 Å². The summed E-state index contributed by atoms with van der Waals surface area (Å²) in [5, 5.41) is 2.98. The zero-order valence-electron chi connectivity index (χ0n) is 10.6. The molecule has 0 saturated carbocycles. The fourth-order valence-electron chi connectivity index (χ4n) is 1.34. The Hall–Kier alpha value is -0.480. The van der Waals surface area contributed by atoms with Gasteiger partial charge in [0.25, 0.3) is 0 Å². The normalized spacial score (nSPS) is 13.2. The van der Waals surface area contributed by atoms with Gasteiger partial charge >= 0.3 is 0 Å². The second-order valence-corrected chi connectivity index (χ2v) is 7.30. The maximum absolute atomic E-state index is 11.8. The average molecular weight is 316 g/mol. The van der Waals surface area contributed by atoms with Gasteiger partial charge in [-0.25, -0.2) is 0 Å². The number of benzene rings is 1. The van der Waals surface area contributed by atoms with Gasteiger partial charge in [0.05, 0.1) is 10.4 Å². The summed E-state index contributed by atoms with van der Waals surface area (Å²) in [6, 6.07) is 8.27. The first-order valence-electron chi connectivity index (χ1n) is 5.48. The molecule has 1 aromatic carbocycles.